The molecule has 0 aliphatic heterocycles. The summed E-state index contributed by atoms with van der Waals surface area (Å²) >= 11 is 2.21. The predicted octanol–water partition coefficient (Wildman–Crippen LogP) is 8.19. The van der Waals surface area contributed by atoms with E-state index in [2.05, 4.69) is 38.0 Å². The van der Waals surface area contributed by atoms with Crippen molar-refractivity contribution < 1.29 is 32.6 Å². The summed E-state index contributed by atoms with van der Waals surface area (Å²) in [6.45, 7) is 1.68. The van der Waals surface area contributed by atoms with Gasteiger partial charge in [0.25, 0.3) is 0 Å². The van der Waals surface area contributed by atoms with E-state index in [1.165, 1.54) is 13.0 Å². The molecule has 49 heavy (non-hydrogen) atoms. The number of aromatic nitrogens is 3. The van der Waals surface area contributed by atoms with Gasteiger partial charge in [-0.25, -0.2) is 4.79 Å². The number of alkyl halides is 3. The number of carboxylic acid groups (broad SMARTS) is 1. The number of carboxylic acids is 1. The zero-order valence-corrected chi connectivity index (χ0v) is 28.6. The first-order valence-corrected chi connectivity index (χ1v) is 16.7. The van der Waals surface area contributed by atoms with Gasteiger partial charge in [-0.1, -0.05) is 78.9 Å². The molecule has 0 fully saturated rings. The van der Waals surface area contributed by atoms with Gasteiger partial charge in [0.05, 0.1) is 15.7 Å². The molecule has 0 saturated carbocycles. The third kappa shape index (κ3) is 7.28. The summed E-state index contributed by atoms with van der Waals surface area (Å²) in [5.74, 6) is -0.955. The Bertz CT molecular complexity index is 2160. The highest BCUT2D eigenvalue weighted by Crippen LogP contribution is 2.42. The van der Waals surface area contributed by atoms with Gasteiger partial charge >= 0.3 is 12.1 Å². The standard InChI is InChI=1S/C37H32F3IN4O4/c1-22-31(35(37(38,39)40)44-45(22)21-30(46)42-19-18-23-9-3-2-4-10-23)28-14-7-13-26-27(33(36(47)48)43-32(26)28)15-8-20-49-34-25-12-6-5-11-24(25)16-17-29(34)41/h2-7,9-14,16-17,43H,8,15,18-21H2,1H3,(H,42,46)(H,47,48). The number of H-pyrrole nitrogens is 1. The first kappa shape index (κ1) is 34.0. The van der Waals surface area contributed by atoms with Crippen LogP contribution in [0.2, 0.25) is 0 Å². The van der Waals surface area contributed by atoms with Gasteiger partial charge in [0.2, 0.25) is 5.91 Å². The molecule has 0 unspecified atom stereocenters. The van der Waals surface area contributed by atoms with Crippen LogP contribution in [0.4, 0.5) is 13.2 Å². The zero-order valence-electron chi connectivity index (χ0n) is 26.4. The van der Waals surface area contributed by atoms with Crippen LogP contribution in [0.5, 0.6) is 5.75 Å². The van der Waals surface area contributed by atoms with E-state index in [-0.39, 0.29) is 28.0 Å². The van der Waals surface area contributed by atoms with Crippen molar-refractivity contribution in [2.75, 3.05) is 13.2 Å². The minimum atomic E-state index is -4.83. The minimum absolute atomic E-state index is 0.0985. The average molecular weight is 781 g/mol. The predicted molar refractivity (Wildman–Crippen MR) is 190 cm³/mol. The molecule has 1 amide bonds. The molecule has 0 radical (unpaired) electrons. The van der Waals surface area contributed by atoms with Crippen LogP contribution in [-0.4, -0.2) is 44.9 Å². The SMILES string of the molecule is Cc1c(-c2cccc3c(CCCOc4c(I)ccc5ccccc45)c(C(=O)O)[nH]c23)c(C(F)(F)F)nn1CC(=O)NCCc1ccccc1. The molecule has 4 aromatic carbocycles. The molecule has 12 heteroatoms. The number of halogens is 4. The minimum Gasteiger partial charge on any atom is -0.492 e. The fourth-order valence-electron chi connectivity index (χ4n) is 6.11. The molecule has 0 bridgehead atoms. The number of para-hydroxylation sites is 1. The van der Waals surface area contributed by atoms with Gasteiger partial charge in [0, 0.05) is 34.1 Å². The smallest absolute Gasteiger partial charge is 0.435 e. The van der Waals surface area contributed by atoms with Crippen LogP contribution in [0.15, 0.2) is 84.9 Å². The maximum atomic E-state index is 14.4. The molecule has 252 valence electrons. The lowest BCUT2D eigenvalue weighted by molar-refractivity contribution is -0.141. The number of rotatable bonds is 12. The number of aryl methyl sites for hydroxylation is 1. The van der Waals surface area contributed by atoms with Crippen molar-refractivity contribution in [3.05, 3.63) is 117 Å². The van der Waals surface area contributed by atoms with Crippen molar-refractivity contribution in [2.24, 2.45) is 0 Å². The molecule has 0 spiro atoms. The number of hydrogen-bond donors (Lipinski definition) is 3. The summed E-state index contributed by atoms with van der Waals surface area (Å²) in [6.07, 6.45) is -3.50. The number of nitrogens with zero attached hydrogens (tertiary/aromatic N) is 2. The van der Waals surface area contributed by atoms with Gasteiger partial charge in [-0.3, -0.25) is 9.48 Å². The molecule has 0 aliphatic carbocycles. The highest BCUT2D eigenvalue weighted by Gasteiger charge is 2.40. The third-order valence-corrected chi connectivity index (χ3v) is 9.27. The Kier molecular flexibility index (Phi) is 9.95. The second-order valence-corrected chi connectivity index (χ2v) is 12.8. The normalized spacial score (nSPS) is 11.7. The number of aromatic carboxylic acids is 1. The molecule has 0 aliphatic rings. The highest BCUT2D eigenvalue weighted by atomic mass is 127. The Balaban J connectivity index is 1.26. The number of amides is 1. The van der Waals surface area contributed by atoms with E-state index >= 15 is 0 Å². The summed E-state index contributed by atoms with van der Waals surface area (Å²) in [7, 11) is 0. The van der Waals surface area contributed by atoms with Gasteiger partial charge in [-0.15, -0.1) is 0 Å². The number of carbonyl (C=O) groups is 2. The van der Waals surface area contributed by atoms with Crippen LogP contribution >= 0.6 is 22.6 Å². The summed E-state index contributed by atoms with van der Waals surface area (Å²) in [6, 6.07) is 26.2. The summed E-state index contributed by atoms with van der Waals surface area (Å²) in [4.78, 5) is 28.0. The maximum absolute atomic E-state index is 14.4. The van der Waals surface area contributed by atoms with E-state index in [1.54, 1.807) is 12.1 Å². The molecule has 0 saturated heterocycles. The molecule has 6 aromatic rings. The van der Waals surface area contributed by atoms with E-state index in [1.807, 2.05) is 66.7 Å². The monoisotopic (exact) mass is 780 g/mol. The molecular weight excluding hydrogens is 748 g/mol. The molecule has 2 heterocycles. The fraction of sp³-hybridized carbons (Fsp3) is 0.216. The van der Waals surface area contributed by atoms with Crippen LogP contribution in [0.3, 0.4) is 0 Å². The topological polar surface area (TPSA) is 109 Å². The second kappa shape index (κ2) is 14.3. The quantitative estimate of drug-likeness (QED) is 0.0858. The van der Waals surface area contributed by atoms with Crippen molar-refractivity contribution in [2.45, 2.75) is 38.9 Å². The number of hydrogen-bond acceptors (Lipinski definition) is 4. The largest absolute Gasteiger partial charge is 0.492 e. The highest BCUT2D eigenvalue weighted by molar-refractivity contribution is 14.1. The van der Waals surface area contributed by atoms with E-state index in [0.717, 1.165) is 30.3 Å². The van der Waals surface area contributed by atoms with E-state index < -0.39 is 30.3 Å². The van der Waals surface area contributed by atoms with Gasteiger partial charge in [-0.05, 0) is 71.4 Å². The summed E-state index contributed by atoms with van der Waals surface area (Å²) in [5, 5.41) is 19.2. The lowest BCUT2D eigenvalue weighted by Crippen LogP contribution is -2.30. The fourth-order valence-corrected chi connectivity index (χ4v) is 6.74. The van der Waals surface area contributed by atoms with Crippen LogP contribution in [-0.2, 0) is 30.4 Å². The Morgan fingerprint density at radius 1 is 0.959 bits per heavy atom. The van der Waals surface area contributed by atoms with Crippen molar-refractivity contribution >= 4 is 56.1 Å². The van der Waals surface area contributed by atoms with Crippen LogP contribution in [0.1, 0.15) is 39.4 Å². The molecule has 6 rings (SSSR count). The number of nitrogens with one attached hydrogen (secondary N) is 2. The number of aromatic amines is 1. The van der Waals surface area contributed by atoms with Crippen LogP contribution < -0.4 is 10.1 Å². The Hall–Kier alpha value is -4.85. The number of benzene rings is 4. The Morgan fingerprint density at radius 3 is 2.45 bits per heavy atom. The van der Waals surface area contributed by atoms with E-state index in [4.69, 9.17) is 4.74 Å². The number of fused-ring (bicyclic) bond motifs is 2. The molecule has 2 aromatic heterocycles. The average Bonchev–Trinajstić information content (AvgIpc) is 3.62. The van der Waals surface area contributed by atoms with Crippen LogP contribution in [0, 0.1) is 10.5 Å². The van der Waals surface area contributed by atoms with Crippen molar-refractivity contribution in [3.63, 3.8) is 0 Å². The number of carbonyl (C=O) groups excluding carboxylic acids is 1. The van der Waals surface area contributed by atoms with Gasteiger partial charge in [-0.2, -0.15) is 18.3 Å². The molecule has 8 nitrogen and oxygen atoms in total. The summed E-state index contributed by atoms with van der Waals surface area (Å²) < 4.78 is 51.5. The van der Waals surface area contributed by atoms with E-state index in [9.17, 15) is 27.9 Å². The summed E-state index contributed by atoms with van der Waals surface area (Å²) in [5.41, 5.74) is 0.549. The van der Waals surface area contributed by atoms with Crippen molar-refractivity contribution in [3.8, 4) is 16.9 Å². The maximum Gasteiger partial charge on any atom is 0.435 e. The van der Waals surface area contributed by atoms with Gasteiger partial charge < -0.3 is 20.1 Å². The van der Waals surface area contributed by atoms with Gasteiger partial charge in [0.15, 0.2) is 5.69 Å². The second-order valence-electron chi connectivity index (χ2n) is 11.6. The Morgan fingerprint density at radius 2 is 1.69 bits per heavy atom. The molecular formula is C37H32F3IN4O4. The third-order valence-electron chi connectivity index (χ3n) is 8.42. The van der Waals surface area contributed by atoms with E-state index in [0.29, 0.717) is 43.4 Å². The first-order valence-electron chi connectivity index (χ1n) is 15.7. The molecule has 0 atom stereocenters. The van der Waals surface area contributed by atoms with Crippen molar-refractivity contribution in [1.82, 2.24) is 20.1 Å². The lowest BCUT2D eigenvalue weighted by Gasteiger charge is -2.12. The van der Waals surface area contributed by atoms with Crippen molar-refractivity contribution in [1.29, 1.82) is 0 Å². The Labute approximate surface area is 293 Å². The molecule has 3 N–H and O–H groups in total. The number of ether oxygens (including phenoxy) is 1. The first-order chi connectivity index (χ1) is 23.5. The van der Waals surface area contributed by atoms with Gasteiger partial charge in [0.1, 0.15) is 18.0 Å². The lowest BCUT2D eigenvalue weighted by atomic mass is 9.98. The zero-order chi connectivity index (χ0) is 34.7. The van der Waals surface area contributed by atoms with Crippen LogP contribution in [0.25, 0.3) is 32.8 Å².